The van der Waals surface area contributed by atoms with Crippen LogP contribution < -0.4 is 11.5 Å². The summed E-state index contributed by atoms with van der Waals surface area (Å²) in [7, 11) is 0. The van der Waals surface area contributed by atoms with E-state index in [2.05, 4.69) is 16.9 Å². The fourth-order valence-electron chi connectivity index (χ4n) is 3.50. The Morgan fingerprint density at radius 3 is 2.45 bits per heavy atom. The van der Waals surface area contributed by atoms with Crippen molar-refractivity contribution in [2.75, 3.05) is 0 Å². The maximum Gasteiger partial charge on any atom is 0.267 e. The molecule has 1 aromatic rings. The lowest BCUT2D eigenvalue weighted by molar-refractivity contribution is -0.111. The Bertz CT molecular complexity index is 983. The lowest BCUT2D eigenvalue weighted by atomic mass is 10.0. The Morgan fingerprint density at radius 1 is 1.19 bits per heavy atom. The van der Waals surface area contributed by atoms with E-state index in [4.69, 9.17) is 11.5 Å². The Morgan fingerprint density at radius 2 is 1.87 bits per heavy atom. The van der Waals surface area contributed by atoms with Crippen LogP contribution >= 0.6 is 0 Å². The van der Waals surface area contributed by atoms with Gasteiger partial charge in [-0.25, -0.2) is 13.8 Å². The van der Waals surface area contributed by atoms with Gasteiger partial charge in [-0.05, 0) is 30.5 Å². The molecule has 0 bridgehead atoms. The molecule has 3 rings (SSSR count). The number of unbranched alkanes of at least 4 members (excludes halogenated alkanes) is 1. The molecular weight excluding hydrogens is 398 g/mol. The van der Waals surface area contributed by atoms with Gasteiger partial charge in [-0.3, -0.25) is 9.79 Å². The van der Waals surface area contributed by atoms with Crippen molar-refractivity contribution in [2.24, 2.45) is 33.3 Å². The first kappa shape index (κ1) is 22.6. The highest BCUT2D eigenvalue weighted by Crippen LogP contribution is 2.56. The number of halogens is 2. The number of carbonyl (C=O) groups excluding carboxylic acids is 1. The Hall–Kier alpha value is -3.09. The van der Waals surface area contributed by atoms with Crippen molar-refractivity contribution >= 4 is 17.8 Å². The number of hydrogen-bond donors (Lipinski definition) is 2. The average Bonchev–Trinajstić information content (AvgIpc) is 3.26. The first-order chi connectivity index (χ1) is 14.7. The number of hydrogen-bond acceptors (Lipinski definition) is 4. The minimum atomic E-state index is -2.64. The molecule has 2 unspecified atom stereocenters. The maximum absolute atomic E-state index is 13.5. The molecule has 0 radical (unpaired) electrons. The normalized spacial score (nSPS) is 22.7. The SMILES string of the molecule is CCC/C=C(Cc1ccc(CC2=CC3C(C=N2)C3(F)F)cc1)/N=C(/C=C(\C)N)C(N)=O. The molecule has 1 aromatic carbocycles. The van der Waals surface area contributed by atoms with Crippen LogP contribution in [0.4, 0.5) is 8.78 Å². The Balaban J connectivity index is 1.71. The topological polar surface area (TPSA) is 93.8 Å². The molecule has 1 aliphatic carbocycles. The quantitative estimate of drug-likeness (QED) is 0.582. The molecule has 1 heterocycles. The Kier molecular flexibility index (Phi) is 6.83. The number of amides is 1. The van der Waals surface area contributed by atoms with Crippen LogP contribution in [0.15, 0.2) is 69.6 Å². The number of primary amides is 1. The average molecular weight is 427 g/mol. The van der Waals surface area contributed by atoms with Gasteiger partial charge in [0.1, 0.15) is 5.71 Å². The highest BCUT2D eigenvalue weighted by atomic mass is 19.3. The van der Waals surface area contributed by atoms with E-state index in [0.29, 0.717) is 24.2 Å². The zero-order valence-electron chi connectivity index (χ0n) is 17.8. The van der Waals surface area contributed by atoms with Gasteiger partial charge in [0.2, 0.25) is 0 Å². The first-order valence-corrected chi connectivity index (χ1v) is 10.4. The number of nitrogens with zero attached hydrogens (tertiary/aromatic N) is 2. The summed E-state index contributed by atoms with van der Waals surface area (Å²) in [6, 6.07) is 7.87. The molecule has 1 aliphatic heterocycles. The molecule has 1 saturated carbocycles. The summed E-state index contributed by atoms with van der Waals surface area (Å²) in [5.41, 5.74) is 15.1. The van der Waals surface area contributed by atoms with E-state index in [0.717, 1.165) is 29.7 Å². The van der Waals surface area contributed by atoms with Gasteiger partial charge in [0.15, 0.2) is 0 Å². The van der Waals surface area contributed by atoms with E-state index in [1.54, 1.807) is 13.0 Å². The lowest BCUT2D eigenvalue weighted by Crippen LogP contribution is -2.22. The monoisotopic (exact) mass is 426 g/mol. The van der Waals surface area contributed by atoms with Gasteiger partial charge >= 0.3 is 0 Å². The molecule has 0 saturated heterocycles. The lowest BCUT2D eigenvalue weighted by Gasteiger charge is -2.08. The van der Waals surface area contributed by atoms with Gasteiger partial charge in [-0.2, -0.15) is 0 Å². The van der Waals surface area contributed by atoms with Crippen LogP contribution in [-0.2, 0) is 17.6 Å². The van der Waals surface area contributed by atoms with Crippen LogP contribution in [0.5, 0.6) is 0 Å². The summed E-state index contributed by atoms with van der Waals surface area (Å²) >= 11 is 0. The van der Waals surface area contributed by atoms with E-state index < -0.39 is 23.7 Å². The molecule has 7 heteroatoms. The summed E-state index contributed by atoms with van der Waals surface area (Å²) in [5, 5.41) is 0. The molecular formula is C24H28F2N4O. The molecule has 0 aromatic heterocycles. The number of carbonyl (C=O) groups is 1. The fraction of sp³-hybridized carbons (Fsp3) is 0.375. The number of benzene rings is 1. The second kappa shape index (κ2) is 9.37. The van der Waals surface area contributed by atoms with E-state index in [9.17, 15) is 13.6 Å². The standard InChI is InChI=1S/C24H28F2N4O/c1-3-4-5-18(30-22(23(28)31)10-15(2)27)11-16-6-8-17(9-7-16)12-19-13-20-21(14-29-19)24(20,25)26/h5-10,13-14,20-21H,3-4,11-12,27H2,1-2H3,(H2,28,31)/b15-10+,18-5+,30-22-. The number of rotatable bonds is 9. The zero-order valence-corrected chi connectivity index (χ0v) is 17.8. The second-order valence-corrected chi connectivity index (χ2v) is 8.07. The van der Waals surface area contributed by atoms with Crippen molar-refractivity contribution in [1.29, 1.82) is 0 Å². The third-order valence-electron chi connectivity index (χ3n) is 5.28. The van der Waals surface area contributed by atoms with Gasteiger partial charge < -0.3 is 11.5 Å². The van der Waals surface area contributed by atoms with Gasteiger partial charge in [0, 0.05) is 36.1 Å². The van der Waals surface area contributed by atoms with Crippen LogP contribution in [0.2, 0.25) is 0 Å². The van der Waals surface area contributed by atoms with E-state index >= 15 is 0 Å². The number of nitrogens with two attached hydrogens (primary N) is 2. The van der Waals surface area contributed by atoms with Crippen molar-refractivity contribution in [2.45, 2.75) is 45.5 Å². The highest BCUT2D eigenvalue weighted by molar-refractivity contribution is 6.43. The molecule has 5 nitrogen and oxygen atoms in total. The van der Waals surface area contributed by atoms with Crippen molar-refractivity contribution < 1.29 is 13.6 Å². The Labute approximate surface area is 181 Å². The predicted octanol–water partition coefficient (Wildman–Crippen LogP) is 4.09. The molecule has 1 amide bonds. The van der Waals surface area contributed by atoms with Crippen LogP contribution in [-0.4, -0.2) is 23.8 Å². The first-order valence-electron chi connectivity index (χ1n) is 10.4. The van der Waals surface area contributed by atoms with Gasteiger partial charge in [-0.15, -0.1) is 0 Å². The van der Waals surface area contributed by atoms with Crippen molar-refractivity contribution in [3.8, 4) is 0 Å². The van der Waals surface area contributed by atoms with Crippen molar-refractivity contribution in [3.63, 3.8) is 0 Å². The van der Waals surface area contributed by atoms with Crippen LogP contribution in [0.3, 0.4) is 0 Å². The van der Waals surface area contributed by atoms with E-state index in [1.165, 1.54) is 12.3 Å². The van der Waals surface area contributed by atoms with Crippen LogP contribution in [0.1, 0.15) is 37.8 Å². The summed E-state index contributed by atoms with van der Waals surface area (Å²) in [4.78, 5) is 20.3. The molecule has 1 fully saturated rings. The second-order valence-electron chi connectivity index (χ2n) is 8.07. The van der Waals surface area contributed by atoms with Gasteiger partial charge in [0.25, 0.3) is 11.8 Å². The number of fused-ring (bicyclic) bond motifs is 1. The third kappa shape index (κ3) is 5.75. The van der Waals surface area contributed by atoms with E-state index in [-0.39, 0.29) is 5.71 Å². The molecule has 31 heavy (non-hydrogen) atoms. The maximum atomic E-state index is 13.5. The highest BCUT2D eigenvalue weighted by Gasteiger charge is 2.67. The number of aliphatic imine (C=N–C) groups is 2. The molecule has 4 N–H and O–H groups in total. The number of allylic oxidation sites excluding steroid dienone is 5. The van der Waals surface area contributed by atoms with Crippen molar-refractivity contribution in [3.05, 3.63) is 70.7 Å². The predicted molar refractivity (Wildman–Crippen MR) is 120 cm³/mol. The summed E-state index contributed by atoms with van der Waals surface area (Å²) in [5.74, 6) is -4.70. The van der Waals surface area contributed by atoms with Crippen molar-refractivity contribution in [1.82, 2.24) is 0 Å². The third-order valence-corrected chi connectivity index (χ3v) is 5.28. The molecule has 2 atom stereocenters. The zero-order chi connectivity index (χ0) is 22.6. The fourth-order valence-corrected chi connectivity index (χ4v) is 3.50. The summed E-state index contributed by atoms with van der Waals surface area (Å²) in [6.07, 6.45) is 9.26. The molecule has 2 aliphatic rings. The molecule has 164 valence electrons. The van der Waals surface area contributed by atoms with Crippen LogP contribution in [0.25, 0.3) is 0 Å². The van der Waals surface area contributed by atoms with E-state index in [1.807, 2.05) is 30.3 Å². The van der Waals surface area contributed by atoms with Gasteiger partial charge in [-0.1, -0.05) is 49.8 Å². The largest absolute Gasteiger partial charge is 0.402 e. The molecule has 0 spiro atoms. The van der Waals surface area contributed by atoms with Crippen LogP contribution in [0, 0.1) is 11.8 Å². The summed E-state index contributed by atoms with van der Waals surface area (Å²) in [6.45, 7) is 3.73. The summed E-state index contributed by atoms with van der Waals surface area (Å²) < 4.78 is 27.0. The number of alkyl halides is 2. The van der Waals surface area contributed by atoms with Gasteiger partial charge in [0.05, 0.1) is 11.8 Å². The minimum absolute atomic E-state index is 0.122. The smallest absolute Gasteiger partial charge is 0.267 e. The minimum Gasteiger partial charge on any atom is -0.402 e.